The molecule has 0 saturated carbocycles. The first-order chi connectivity index (χ1) is 15.2. The number of H-pyrrole nitrogens is 1. The predicted molar refractivity (Wildman–Crippen MR) is 120 cm³/mol. The Labute approximate surface area is 187 Å². The molecule has 170 valence electrons. The number of ketones is 1. The second-order valence-corrected chi connectivity index (χ2v) is 8.05. The summed E-state index contributed by atoms with van der Waals surface area (Å²) in [6, 6.07) is 8.43. The number of amides is 1. The minimum atomic E-state index is -0.743. The number of likely N-dealkylation sites (N-methyl/N-ethyl adjacent to an activating group) is 1. The first-order valence-electron chi connectivity index (χ1n) is 10.5. The van der Waals surface area contributed by atoms with E-state index in [2.05, 4.69) is 4.98 Å². The van der Waals surface area contributed by atoms with E-state index in [1.165, 1.54) is 4.90 Å². The van der Waals surface area contributed by atoms with Crippen molar-refractivity contribution in [2.45, 2.75) is 26.8 Å². The molecule has 2 heterocycles. The van der Waals surface area contributed by atoms with Crippen LogP contribution in [0.5, 0.6) is 0 Å². The van der Waals surface area contributed by atoms with E-state index in [-0.39, 0.29) is 23.6 Å². The maximum atomic E-state index is 13.1. The van der Waals surface area contributed by atoms with E-state index in [1.54, 1.807) is 20.8 Å². The van der Waals surface area contributed by atoms with E-state index in [9.17, 15) is 19.5 Å². The normalized spacial score (nSPS) is 17.9. The van der Waals surface area contributed by atoms with Gasteiger partial charge in [-0.25, -0.2) is 4.79 Å². The van der Waals surface area contributed by atoms with E-state index in [4.69, 9.17) is 4.74 Å². The van der Waals surface area contributed by atoms with Crippen molar-refractivity contribution in [1.29, 1.82) is 0 Å². The molecule has 2 aromatic rings. The lowest BCUT2D eigenvalue weighted by atomic mass is 9.94. The number of hydrogen-bond acceptors (Lipinski definition) is 6. The molecule has 1 aromatic heterocycles. The van der Waals surface area contributed by atoms with Crippen LogP contribution in [0.4, 0.5) is 0 Å². The maximum absolute atomic E-state index is 13.1. The molecular formula is C24H29N3O5. The Morgan fingerprint density at radius 3 is 2.44 bits per heavy atom. The molecular weight excluding hydrogens is 410 g/mol. The van der Waals surface area contributed by atoms with Crippen molar-refractivity contribution in [3.63, 3.8) is 0 Å². The maximum Gasteiger partial charge on any atom is 0.355 e. The number of hydrogen-bond donors (Lipinski definition) is 2. The molecule has 1 aromatic carbocycles. The molecule has 8 nitrogen and oxygen atoms in total. The number of aryl methyl sites for hydroxylation is 1. The number of nitrogens with one attached hydrogen (secondary N) is 1. The quantitative estimate of drug-likeness (QED) is 0.298. The average molecular weight is 440 g/mol. The van der Waals surface area contributed by atoms with Crippen LogP contribution < -0.4 is 0 Å². The van der Waals surface area contributed by atoms with Crippen molar-refractivity contribution in [1.82, 2.24) is 14.8 Å². The Morgan fingerprint density at radius 1 is 1.19 bits per heavy atom. The number of benzene rings is 1. The van der Waals surface area contributed by atoms with Gasteiger partial charge in [-0.1, -0.05) is 30.3 Å². The number of esters is 1. The van der Waals surface area contributed by atoms with Crippen LogP contribution in [-0.4, -0.2) is 71.3 Å². The molecule has 1 saturated heterocycles. The number of aliphatic hydroxyl groups excluding tert-OH is 1. The zero-order valence-corrected chi connectivity index (χ0v) is 19.1. The van der Waals surface area contributed by atoms with Gasteiger partial charge in [-0.2, -0.15) is 0 Å². The number of nitrogens with zero attached hydrogens (tertiary/aromatic N) is 2. The highest BCUT2D eigenvalue weighted by Gasteiger charge is 2.46. The van der Waals surface area contributed by atoms with Gasteiger partial charge in [-0.3, -0.25) is 9.59 Å². The van der Waals surface area contributed by atoms with Crippen LogP contribution in [0.2, 0.25) is 0 Å². The Balaban J connectivity index is 2.18. The van der Waals surface area contributed by atoms with Crippen LogP contribution in [-0.2, 0) is 14.3 Å². The van der Waals surface area contributed by atoms with Crippen LogP contribution in [0.1, 0.15) is 45.8 Å². The zero-order valence-electron chi connectivity index (χ0n) is 19.1. The number of carbonyl (C=O) groups excluding carboxylic acids is 3. The number of Topliss-reactive ketones (excluding diaryl/α,β-unsaturated/α-hetero) is 1. The number of aromatic nitrogens is 1. The smallest absolute Gasteiger partial charge is 0.355 e. The summed E-state index contributed by atoms with van der Waals surface area (Å²) in [4.78, 5) is 44.7. The van der Waals surface area contributed by atoms with Gasteiger partial charge in [0, 0.05) is 24.3 Å². The van der Waals surface area contributed by atoms with Crippen LogP contribution in [0.3, 0.4) is 0 Å². The summed E-state index contributed by atoms with van der Waals surface area (Å²) >= 11 is 0. The fourth-order valence-electron chi connectivity index (χ4n) is 4.05. The molecule has 8 heteroatoms. The number of likely N-dealkylation sites (tertiary alicyclic amines) is 1. The van der Waals surface area contributed by atoms with Gasteiger partial charge in [0.25, 0.3) is 11.7 Å². The van der Waals surface area contributed by atoms with Gasteiger partial charge in [-0.05, 0) is 46.0 Å². The van der Waals surface area contributed by atoms with Crippen molar-refractivity contribution < 1.29 is 24.2 Å². The lowest BCUT2D eigenvalue weighted by Gasteiger charge is -2.26. The first-order valence-corrected chi connectivity index (χ1v) is 10.5. The third kappa shape index (κ3) is 4.18. The topological polar surface area (TPSA) is 103 Å². The molecule has 0 unspecified atom stereocenters. The zero-order chi connectivity index (χ0) is 23.6. The summed E-state index contributed by atoms with van der Waals surface area (Å²) in [6.45, 7) is 6.18. The molecule has 2 N–H and O–H groups in total. The first kappa shape index (κ1) is 23.3. The molecule has 3 rings (SSSR count). The van der Waals surface area contributed by atoms with Gasteiger partial charge in [0.2, 0.25) is 0 Å². The van der Waals surface area contributed by atoms with Crippen molar-refractivity contribution >= 4 is 23.4 Å². The molecule has 1 amide bonds. The number of aliphatic hydroxyl groups is 1. The largest absolute Gasteiger partial charge is 0.507 e. The molecule has 0 spiro atoms. The molecule has 32 heavy (non-hydrogen) atoms. The molecule has 1 aliphatic heterocycles. The third-order valence-corrected chi connectivity index (χ3v) is 5.60. The van der Waals surface area contributed by atoms with Crippen molar-refractivity contribution in [2.75, 3.05) is 33.8 Å². The van der Waals surface area contributed by atoms with Gasteiger partial charge >= 0.3 is 5.97 Å². The highest BCUT2D eigenvalue weighted by Crippen LogP contribution is 2.40. The Hall–Kier alpha value is -3.39. The lowest BCUT2D eigenvalue weighted by Crippen LogP contribution is -2.35. The van der Waals surface area contributed by atoms with Crippen molar-refractivity contribution in [2.24, 2.45) is 0 Å². The minimum absolute atomic E-state index is 0.0144. The second kappa shape index (κ2) is 9.40. The number of aromatic amines is 1. The van der Waals surface area contributed by atoms with E-state index < -0.39 is 23.7 Å². The van der Waals surface area contributed by atoms with E-state index >= 15 is 0 Å². The van der Waals surface area contributed by atoms with Crippen LogP contribution in [0.15, 0.2) is 35.9 Å². The summed E-state index contributed by atoms with van der Waals surface area (Å²) in [5.74, 6) is -2.24. The fraction of sp³-hybridized carbons (Fsp3) is 0.375. The molecule has 0 radical (unpaired) electrons. The predicted octanol–water partition coefficient (Wildman–Crippen LogP) is 2.79. The standard InChI is InChI=1S/C24H29N3O5/c1-6-32-24(31)19-14(2)17(15(3)25-19)21(28)18-20(16-10-8-7-9-11-16)27(13-12-26(4)5)23(30)22(18)29/h7-11,20,25,28H,6,12-13H2,1-5H3/t20-/m0/s1. The van der Waals surface area contributed by atoms with Gasteiger partial charge in [0.15, 0.2) is 0 Å². The van der Waals surface area contributed by atoms with Crippen molar-refractivity contribution in [3.8, 4) is 0 Å². The summed E-state index contributed by atoms with van der Waals surface area (Å²) in [7, 11) is 3.77. The number of ether oxygens (including phenoxy) is 1. The summed E-state index contributed by atoms with van der Waals surface area (Å²) in [5, 5.41) is 11.3. The Morgan fingerprint density at radius 2 is 1.84 bits per heavy atom. The number of rotatable bonds is 7. The minimum Gasteiger partial charge on any atom is -0.507 e. The Kier molecular flexibility index (Phi) is 6.84. The van der Waals surface area contributed by atoms with E-state index in [0.29, 0.717) is 29.9 Å². The van der Waals surface area contributed by atoms with Gasteiger partial charge < -0.3 is 24.6 Å². The highest BCUT2D eigenvalue weighted by atomic mass is 16.5. The van der Waals surface area contributed by atoms with Gasteiger partial charge in [0.1, 0.15) is 11.5 Å². The van der Waals surface area contributed by atoms with Gasteiger partial charge in [-0.15, -0.1) is 0 Å². The number of carbonyl (C=O) groups is 3. The molecule has 0 aliphatic carbocycles. The van der Waals surface area contributed by atoms with Crippen LogP contribution >= 0.6 is 0 Å². The second-order valence-electron chi connectivity index (χ2n) is 8.05. The van der Waals surface area contributed by atoms with Gasteiger partial charge in [0.05, 0.1) is 18.2 Å². The van der Waals surface area contributed by atoms with E-state index in [1.807, 2.05) is 49.3 Å². The van der Waals surface area contributed by atoms with Crippen molar-refractivity contribution in [3.05, 3.63) is 64.0 Å². The van der Waals surface area contributed by atoms with Crippen LogP contribution in [0.25, 0.3) is 5.76 Å². The molecule has 0 bridgehead atoms. The monoisotopic (exact) mass is 439 g/mol. The lowest BCUT2D eigenvalue weighted by molar-refractivity contribution is -0.140. The third-order valence-electron chi connectivity index (χ3n) is 5.60. The Bertz CT molecular complexity index is 1070. The summed E-state index contributed by atoms with van der Waals surface area (Å²) in [6.07, 6.45) is 0. The highest BCUT2D eigenvalue weighted by molar-refractivity contribution is 6.46. The summed E-state index contributed by atoms with van der Waals surface area (Å²) in [5.41, 5.74) is 2.26. The van der Waals surface area contributed by atoms with E-state index in [0.717, 1.165) is 5.56 Å². The molecule has 1 atom stereocenters. The summed E-state index contributed by atoms with van der Waals surface area (Å²) < 4.78 is 5.08. The molecule has 1 fully saturated rings. The SMILES string of the molecule is CCOC(=O)c1[nH]c(C)c(C(O)=C2C(=O)C(=O)N(CCN(C)C)[C@H]2c2ccccc2)c1C. The van der Waals surface area contributed by atoms with Crippen LogP contribution in [0, 0.1) is 13.8 Å². The average Bonchev–Trinajstić information content (AvgIpc) is 3.19. The fourth-order valence-corrected chi connectivity index (χ4v) is 4.05. The molecule has 1 aliphatic rings.